The van der Waals surface area contributed by atoms with Gasteiger partial charge in [0.2, 0.25) is 0 Å². The van der Waals surface area contributed by atoms with Gasteiger partial charge in [0.15, 0.2) is 0 Å². The van der Waals surface area contributed by atoms with Gasteiger partial charge in [0, 0.05) is 13.0 Å². The Morgan fingerprint density at radius 3 is 2.32 bits per heavy atom. The molecule has 0 heterocycles. The minimum Gasteiger partial charge on any atom is -0.316 e. The molecule has 1 aromatic carbocycles. The van der Waals surface area contributed by atoms with Gasteiger partial charge in [-0.15, -0.1) is 6.58 Å². The third kappa shape index (κ3) is 15.7. The largest absolute Gasteiger partial charge is 0.316 e. The van der Waals surface area contributed by atoms with Crippen molar-refractivity contribution in [3.8, 4) is 0 Å². The molecule has 0 spiro atoms. The molecule has 0 fully saturated rings. The molecule has 2 atom stereocenters. The summed E-state index contributed by atoms with van der Waals surface area (Å²) in [6.45, 7) is 18.2. The maximum absolute atomic E-state index is 10.3. The molecule has 2 unspecified atom stereocenters. The highest BCUT2D eigenvalue weighted by Crippen LogP contribution is 2.22. The van der Waals surface area contributed by atoms with Crippen molar-refractivity contribution >= 4 is 6.29 Å². The Morgan fingerprint density at radius 1 is 1.10 bits per heavy atom. The van der Waals surface area contributed by atoms with E-state index in [0.717, 1.165) is 57.6 Å². The van der Waals surface area contributed by atoms with Gasteiger partial charge in [-0.2, -0.15) is 0 Å². The molecule has 1 rings (SSSR count). The number of rotatable bonds is 16. The Bertz CT molecular complexity index is 592. The quantitative estimate of drug-likeness (QED) is 0.189. The van der Waals surface area contributed by atoms with Crippen LogP contribution in [0.2, 0.25) is 0 Å². The summed E-state index contributed by atoms with van der Waals surface area (Å²) < 4.78 is 0. The van der Waals surface area contributed by atoms with Crippen LogP contribution in [0.1, 0.15) is 71.4 Å². The number of aldehydes is 1. The maximum atomic E-state index is 10.3. The second-order valence-corrected chi connectivity index (χ2v) is 8.53. The van der Waals surface area contributed by atoms with Crippen LogP contribution in [0, 0.1) is 11.8 Å². The highest BCUT2D eigenvalue weighted by molar-refractivity contribution is 5.48. The van der Waals surface area contributed by atoms with Gasteiger partial charge in [-0.05, 0) is 82.6 Å². The molecule has 1 aromatic rings. The summed E-state index contributed by atoms with van der Waals surface area (Å²) in [7, 11) is 0. The van der Waals surface area contributed by atoms with E-state index in [2.05, 4.69) is 75.2 Å². The van der Waals surface area contributed by atoms with Crippen LogP contribution < -0.4 is 10.6 Å². The molecule has 0 aliphatic rings. The summed E-state index contributed by atoms with van der Waals surface area (Å²) in [6, 6.07) is 9.18. The van der Waals surface area contributed by atoms with E-state index in [0.29, 0.717) is 12.3 Å². The first kappa shape index (κ1) is 29.3. The summed E-state index contributed by atoms with van der Waals surface area (Å²) in [5, 5.41) is 7.07. The molecule has 0 aliphatic carbocycles. The number of carbonyl (C=O) groups excluding carboxylic acids is 1. The molecule has 3 heteroatoms. The van der Waals surface area contributed by atoms with Crippen LogP contribution in [0.5, 0.6) is 0 Å². The van der Waals surface area contributed by atoms with E-state index < -0.39 is 0 Å². The van der Waals surface area contributed by atoms with Crippen molar-refractivity contribution in [1.82, 2.24) is 10.6 Å². The first-order valence-corrected chi connectivity index (χ1v) is 12.1. The summed E-state index contributed by atoms with van der Waals surface area (Å²) in [5.74, 6) is 1.41. The molecule has 0 aromatic heterocycles. The van der Waals surface area contributed by atoms with E-state index in [1.165, 1.54) is 29.5 Å². The van der Waals surface area contributed by atoms with Crippen molar-refractivity contribution in [1.29, 1.82) is 0 Å². The Balaban J connectivity index is 0.00000282. The maximum Gasteiger partial charge on any atom is 0.120 e. The number of benzene rings is 1. The molecule has 0 bridgehead atoms. The number of carbonyl (C=O) groups is 1. The predicted octanol–water partition coefficient (Wildman–Crippen LogP) is 6.14. The van der Waals surface area contributed by atoms with Gasteiger partial charge in [0.05, 0.1) is 0 Å². The van der Waals surface area contributed by atoms with Gasteiger partial charge < -0.3 is 15.4 Å². The minimum absolute atomic E-state index is 0.655. The standard InChI is InChI=1S/C25H42N2O.C3H6/c1-5-9-22(4)25(20-27-19-21(3)6-2)18-24-12-10-23(11-13-24)14-16-26-15-7-8-17-28;1-3-2/h6,10-13,17,22,25-27H,5,7-9,14-16,18-20H2,1-4H3;3H,1H2,2H3/b21-6+;. The van der Waals surface area contributed by atoms with Crippen LogP contribution in [-0.2, 0) is 17.6 Å². The monoisotopic (exact) mass is 428 g/mol. The van der Waals surface area contributed by atoms with E-state index in [1.807, 2.05) is 6.92 Å². The predicted molar refractivity (Wildman–Crippen MR) is 138 cm³/mol. The second-order valence-electron chi connectivity index (χ2n) is 8.53. The molecule has 2 N–H and O–H groups in total. The van der Waals surface area contributed by atoms with E-state index in [-0.39, 0.29) is 0 Å². The van der Waals surface area contributed by atoms with Gasteiger partial charge in [0.25, 0.3) is 0 Å². The molecular weight excluding hydrogens is 380 g/mol. The lowest BCUT2D eigenvalue weighted by molar-refractivity contribution is -0.107. The third-order valence-electron chi connectivity index (χ3n) is 5.64. The first-order valence-electron chi connectivity index (χ1n) is 12.1. The number of hydrogen-bond acceptors (Lipinski definition) is 3. The summed E-state index contributed by atoms with van der Waals surface area (Å²) >= 11 is 0. The van der Waals surface area contributed by atoms with Gasteiger partial charge in [0.1, 0.15) is 6.29 Å². The third-order valence-corrected chi connectivity index (χ3v) is 5.64. The van der Waals surface area contributed by atoms with Crippen molar-refractivity contribution in [2.24, 2.45) is 11.8 Å². The van der Waals surface area contributed by atoms with Crippen LogP contribution >= 0.6 is 0 Å². The lowest BCUT2D eigenvalue weighted by Gasteiger charge is -2.25. The van der Waals surface area contributed by atoms with Gasteiger partial charge in [-0.1, -0.05) is 68.7 Å². The molecule has 3 nitrogen and oxygen atoms in total. The Labute approximate surface area is 192 Å². The van der Waals surface area contributed by atoms with Crippen molar-refractivity contribution in [3.05, 3.63) is 59.7 Å². The van der Waals surface area contributed by atoms with Gasteiger partial charge in [-0.3, -0.25) is 0 Å². The average molecular weight is 429 g/mol. The fourth-order valence-electron chi connectivity index (χ4n) is 3.54. The number of nitrogens with one attached hydrogen (secondary N) is 2. The molecule has 0 amide bonds. The fourth-order valence-corrected chi connectivity index (χ4v) is 3.54. The number of hydrogen-bond donors (Lipinski definition) is 2. The molecule has 31 heavy (non-hydrogen) atoms. The molecule has 0 aliphatic heterocycles. The fraction of sp³-hybridized carbons (Fsp3) is 0.607. The zero-order valence-corrected chi connectivity index (χ0v) is 20.9. The highest BCUT2D eigenvalue weighted by Gasteiger charge is 2.17. The summed E-state index contributed by atoms with van der Waals surface area (Å²) in [5.41, 5.74) is 4.23. The number of allylic oxidation sites excluding steroid dienone is 2. The van der Waals surface area contributed by atoms with Crippen molar-refractivity contribution in [3.63, 3.8) is 0 Å². The topological polar surface area (TPSA) is 41.1 Å². The van der Waals surface area contributed by atoms with Gasteiger partial charge in [-0.25, -0.2) is 0 Å². The number of unbranched alkanes of at least 4 members (excludes halogenated alkanes) is 1. The van der Waals surface area contributed by atoms with Crippen LogP contribution in [0.3, 0.4) is 0 Å². The lowest BCUT2D eigenvalue weighted by Crippen LogP contribution is -2.30. The van der Waals surface area contributed by atoms with Crippen LogP contribution in [0.15, 0.2) is 48.6 Å². The van der Waals surface area contributed by atoms with Crippen molar-refractivity contribution in [2.75, 3.05) is 26.2 Å². The zero-order chi connectivity index (χ0) is 23.3. The Kier molecular flexibility index (Phi) is 19.1. The van der Waals surface area contributed by atoms with E-state index >= 15 is 0 Å². The second kappa shape index (κ2) is 20.2. The van der Waals surface area contributed by atoms with E-state index in [4.69, 9.17) is 0 Å². The summed E-state index contributed by atoms with van der Waals surface area (Å²) in [6.07, 6.45) is 11.3. The average Bonchev–Trinajstić information content (AvgIpc) is 2.77. The van der Waals surface area contributed by atoms with E-state index in [9.17, 15) is 4.79 Å². The highest BCUT2D eigenvalue weighted by atomic mass is 16.1. The Hall–Kier alpha value is -1.71. The molecule has 0 saturated carbocycles. The van der Waals surface area contributed by atoms with E-state index in [1.54, 1.807) is 6.08 Å². The summed E-state index contributed by atoms with van der Waals surface area (Å²) in [4.78, 5) is 10.3. The minimum atomic E-state index is 0.655. The van der Waals surface area contributed by atoms with Crippen molar-refractivity contribution in [2.45, 2.75) is 73.1 Å². The normalized spacial score (nSPS) is 13.1. The van der Waals surface area contributed by atoms with Gasteiger partial charge >= 0.3 is 0 Å². The molecule has 176 valence electrons. The van der Waals surface area contributed by atoms with Crippen LogP contribution in [-0.4, -0.2) is 32.5 Å². The lowest BCUT2D eigenvalue weighted by atomic mass is 9.85. The zero-order valence-electron chi connectivity index (χ0n) is 20.9. The SMILES string of the molecule is C/C=C(\C)CNCC(Cc1ccc(CCNCCCC=O)cc1)C(C)CCC.C=CC. The molecule has 0 radical (unpaired) electrons. The van der Waals surface area contributed by atoms with Crippen LogP contribution in [0.4, 0.5) is 0 Å². The smallest absolute Gasteiger partial charge is 0.120 e. The van der Waals surface area contributed by atoms with Crippen LogP contribution in [0.25, 0.3) is 0 Å². The Morgan fingerprint density at radius 2 is 1.74 bits per heavy atom. The van der Waals surface area contributed by atoms with Crippen molar-refractivity contribution < 1.29 is 4.79 Å². The first-order chi connectivity index (χ1) is 15.0. The molecular formula is C28H48N2O. The molecule has 0 saturated heterocycles.